The summed E-state index contributed by atoms with van der Waals surface area (Å²) in [4.78, 5) is 3.92. The molecule has 1 aromatic carbocycles. The van der Waals surface area contributed by atoms with Crippen LogP contribution in [0.15, 0.2) is 36.5 Å². The molecule has 0 aliphatic carbocycles. The van der Waals surface area contributed by atoms with Crippen LogP contribution in [0.4, 0.5) is 13.2 Å². The van der Waals surface area contributed by atoms with Crippen LogP contribution in [0.5, 0.6) is 5.88 Å². The predicted octanol–water partition coefficient (Wildman–Crippen LogP) is 3.27. The lowest BCUT2D eigenvalue weighted by Gasteiger charge is -2.14. The maximum atomic E-state index is 13.0. The zero-order valence-electron chi connectivity index (χ0n) is 10.6. The Kier molecular flexibility index (Phi) is 3.94. The van der Waals surface area contributed by atoms with Crippen LogP contribution < -0.4 is 4.74 Å². The lowest BCUT2D eigenvalue weighted by Crippen LogP contribution is -2.07. The fourth-order valence-electron chi connectivity index (χ4n) is 1.92. The van der Waals surface area contributed by atoms with Crippen LogP contribution in [0.25, 0.3) is 11.1 Å². The monoisotopic (exact) mass is 283 g/mol. The van der Waals surface area contributed by atoms with Crippen molar-refractivity contribution in [1.29, 1.82) is 0 Å². The predicted molar refractivity (Wildman–Crippen MR) is 67.1 cm³/mol. The Bertz CT molecular complexity index is 612. The summed E-state index contributed by atoms with van der Waals surface area (Å²) >= 11 is 0. The number of halogens is 3. The van der Waals surface area contributed by atoms with Crippen molar-refractivity contribution in [3.8, 4) is 17.0 Å². The highest BCUT2D eigenvalue weighted by Crippen LogP contribution is 2.37. The van der Waals surface area contributed by atoms with E-state index in [0.29, 0.717) is 5.56 Å². The first-order valence-electron chi connectivity index (χ1n) is 5.77. The number of hydrogen-bond acceptors (Lipinski definition) is 3. The summed E-state index contributed by atoms with van der Waals surface area (Å²) in [7, 11) is 1.38. The number of methoxy groups -OCH3 is 1. The summed E-state index contributed by atoms with van der Waals surface area (Å²) in [6.45, 7) is -0.363. The van der Waals surface area contributed by atoms with Gasteiger partial charge in [0.1, 0.15) is 0 Å². The van der Waals surface area contributed by atoms with Crippen molar-refractivity contribution in [3.63, 3.8) is 0 Å². The molecule has 0 radical (unpaired) electrons. The first-order valence-corrected chi connectivity index (χ1v) is 5.77. The molecule has 0 unspecified atom stereocenters. The van der Waals surface area contributed by atoms with Crippen LogP contribution in [-0.4, -0.2) is 17.2 Å². The Labute approximate surface area is 113 Å². The molecule has 3 nitrogen and oxygen atoms in total. The van der Waals surface area contributed by atoms with Crippen molar-refractivity contribution in [3.05, 3.63) is 47.7 Å². The van der Waals surface area contributed by atoms with Gasteiger partial charge in [-0.05, 0) is 17.7 Å². The van der Waals surface area contributed by atoms with Crippen molar-refractivity contribution in [1.82, 2.24) is 4.98 Å². The highest BCUT2D eigenvalue weighted by molar-refractivity contribution is 5.68. The van der Waals surface area contributed by atoms with Crippen LogP contribution in [0, 0.1) is 0 Å². The molecule has 0 fully saturated rings. The van der Waals surface area contributed by atoms with E-state index in [0.717, 1.165) is 6.07 Å². The summed E-state index contributed by atoms with van der Waals surface area (Å²) in [5.41, 5.74) is -0.106. The van der Waals surface area contributed by atoms with E-state index >= 15 is 0 Å². The second-order valence-electron chi connectivity index (χ2n) is 4.09. The maximum absolute atomic E-state index is 13.0. The third kappa shape index (κ3) is 2.75. The van der Waals surface area contributed by atoms with Crippen molar-refractivity contribution < 1.29 is 23.0 Å². The van der Waals surface area contributed by atoms with E-state index < -0.39 is 11.7 Å². The van der Waals surface area contributed by atoms with Gasteiger partial charge in [-0.2, -0.15) is 13.2 Å². The summed E-state index contributed by atoms with van der Waals surface area (Å²) in [6.07, 6.45) is -3.15. The third-order valence-corrected chi connectivity index (χ3v) is 2.83. The topological polar surface area (TPSA) is 42.4 Å². The van der Waals surface area contributed by atoms with Crippen LogP contribution in [0.1, 0.15) is 11.1 Å². The molecule has 0 saturated heterocycles. The molecule has 20 heavy (non-hydrogen) atoms. The highest BCUT2D eigenvalue weighted by Gasteiger charge is 2.33. The minimum atomic E-state index is -4.45. The number of aliphatic hydroxyl groups is 1. The smallest absolute Gasteiger partial charge is 0.417 e. The minimum Gasteiger partial charge on any atom is -0.481 e. The number of alkyl halides is 3. The zero-order chi connectivity index (χ0) is 14.8. The van der Waals surface area contributed by atoms with E-state index in [-0.39, 0.29) is 23.6 Å². The number of rotatable bonds is 3. The molecule has 0 aliphatic heterocycles. The number of nitrogens with zero attached hydrogens (tertiary/aromatic N) is 1. The van der Waals surface area contributed by atoms with Gasteiger partial charge in [-0.25, -0.2) is 4.98 Å². The fraction of sp³-hybridized carbons (Fsp3) is 0.214. The normalized spacial score (nSPS) is 11.4. The summed E-state index contributed by atoms with van der Waals surface area (Å²) in [5, 5.41) is 9.21. The SMILES string of the molecule is COc1ncc(-c2ccccc2C(F)(F)F)cc1CO. The molecule has 0 amide bonds. The number of ether oxygens (including phenoxy) is 1. The minimum absolute atomic E-state index is 0.0184. The van der Waals surface area contributed by atoms with Gasteiger partial charge in [0.15, 0.2) is 0 Å². The molecule has 0 spiro atoms. The molecular weight excluding hydrogens is 271 g/mol. The molecule has 0 aliphatic rings. The number of benzene rings is 1. The first-order chi connectivity index (χ1) is 9.47. The molecule has 1 aromatic heterocycles. The van der Waals surface area contributed by atoms with Crippen molar-refractivity contribution >= 4 is 0 Å². The second kappa shape index (κ2) is 5.50. The van der Waals surface area contributed by atoms with Gasteiger partial charge >= 0.3 is 6.18 Å². The quantitative estimate of drug-likeness (QED) is 0.940. The van der Waals surface area contributed by atoms with Gasteiger partial charge in [0.05, 0.1) is 19.3 Å². The maximum Gasteiger partial charge on any atom is 0.417 e. The van der Waals surface area contributed by atoms with E-state index in [1.807, 2.05) is 0 Å². The van der Waals surface area contributed by atoms with Crippen molar-refractivity contribution in [2.75, 3.05) is 7.11 Å². The first kappa shape index (κ1) is 14.3. The van der Waals surface area contributed by atoms with E-state index in [4.69, 9.17) is 4.74 Å². The van der Waals surface area contributed by atoms with E-state index in [1.54, 1.807) is 0 Å². The number of aliphatic hydroxyl groups excluding tert-OH is 1. The van der Waals surface area contributed by atoms with Crippen LogP contribution in [0.2, 0.25) is 0 Å². The molecule has 0 atom stereocenters. The third-order valence-electron chi connectivity index (χ3n) is 2.83. The molecule has 0 bridgehead atoms. The lowest BCUT2D eigenvalue weighted by atomic mass is 9.99. The lowest BCUT2D eigenvalue weighted by molar-refractivity contribution is -0.137. The van der Waals surface area contributed by atoms with Gasteiger partial charge in [0, 0.05) is 17.3 Å². The molecule has 0 saturated carbocycles. The van der Waals surface area contributed by atoms with Gasteiger partial charge in [-0.3, -0.25) is 0 Å². The van der Waals surface area contributed by atoms with Crippen LogP contribution in [0.3, 0.4) is 0 Å². The van der Waals surface area contributed by atoms with Gasteiger partial charge in [0.2, 0.25) is 5.88 Å². The Morgan fingerprint density at radius 3 is 2.55 bits per heavy atom. The average Bonchev–Trinajstić information content (AvgIpc) is 2.45. The Morgan fingerprint density at radius 1 is 1.25 bits per heavy atom. The molecule has 2 aromatic rings. The standard InChI is InChI=1S/C14H12F3NO2/c1-20-13-10(8-19)6-9(7-18-13)11-4-2-3-5-12(11)14(15,16)17/h2-7,19H,8H2,1H3. The number of hydrogen-bond donors (Lipinski definition) is 1. The highest BCUT2D eigenvalue weighted by atomic mass is 19.4. The van der Waals surface area contributed by atoms with E-state index in [9.17, 15) is 18.3 Å². The van der Waals surface area contributed by atoms with Gasteiger partial charge in [-0.15, -0.1) is 0 Å². The van der Waals surface area contributed by atoms with E-state index in [2.05, 4.69) is 4.98 Å². The molecule has 2 rings (SSSR count). The number of pyridine rings is 1. The summed E-state index contributed by atoms with van der Waals surface area (Å²) in [6, 6.07) is 6.67. The van der Waals surface area contributed by atoms with Gasteiger partial charge < -0.3 is 9.84 Å². The van der Waals surface area contributed by atoms with Crippen molar-refractivity contribution in [2.45, 2.75) is 12.8 Å². The second-order valence-corrected chi connectivity index (χ2v) is 4.09. The van der Waals surface area contributed by atoms with Crippen LogP contribution in [-0.2, 0) is 12.8 Å². The Balaban J connectivity index is 2.58. The fourth-order valence-corrected chi connectivity index (χ4v) is 1.92. The molecule has 106 valence electrons. The average molecular weight is 283 g/mol. The van der Waals surface area contributed by atoms with Crippen LogP contribution >= 0.6 is 0 Å². The Morgan fingerprint density at radius 2 is 1.95 bits per heavy atom. The molecule has 6 heteroatoms. The van der Waals surface area contributed by atoms with Crippen molar-refractivity contribution in [2.24, 2.45) is 0 Å². The summed E-state index contributed by atoms with van der Waals surface area (Å²) < 4.78 is 43.8. The largest absolute Gasteiger partial charge is 0.481 e. The molecule has 1 N–H and O–H groups in total. The van der Waals surface area contributed by atoms with Gasteiger partial charge in [-0.1, -0.05) is 18.2 Å². The molecular formula is C14H12F3NO2. The van der Waals surface area contributed by atoms with E-state index in [1.165, 1.54) is 37.6 Å². The Hall–Kier alpha value is -2.08. The number of aromatic nitrogens is 1. The zero-order valence-corrected chi connectivity index (χ0v) is 10.6. The van der Waals surface area contributed by atoms with Gasteiger partial charge in [0.25, 0.3) is 0 Å². The summed E-state index contributed by atoms with van der Waals surface area (Å²) in [5.74, 6) is 0.195. The molecule has 1 heterocycles.